The van der Waals surface area contributed by atoms with Gasteiger partial charge >= 0.3 is 5.69 Å². The molecule has 3 rings (SSSR count). The summed E-state index contributed by atoms with van der Waals surface area (Å²) in [6.45, 7) is 1.35. The van der Waals surface area contributed by atoms with E-state index in [2.05, 4.69) is 15.9 Å². The van der Waals surface area contributed by atoms with Gasteiger partial charge in [0.05, 0.1) is 35.1 Å². The third-order valence-electron chi connectivity index (χ3n) is 3.98. The minimum atomic E-state index is -0.909. The molecule has 0 bridgehead atoms. The molecule has 26 heavy (non-hydrogen) atoms. The lowest BCUT2D eigenvalue weighted by Gasteiger charge is -2.16. The number of hydrogen-bond donors (Lipinski definition) is 1. The normalized spacial score (nSPS) is 12.5. The summed E-state index contributed by atoms with van der Waals surface area (Å²) in [4.78, 5) is 25.7. The molecule has 0 saturated heterocycles. The first-order valence-electron chi connectivity index (χ1n) is 7.83. The van der Waals surface area contributed by atoms with Crippen LogP contribution in [0.4, 0.5) is 4.39 Å². The molecule has 0 unspecified atom stereocenters. The topological polar surface area (TPSA) is 64.2 Å². The van der Waals surface area contributed by atoms with Gasteiger partial charge in [-0.3, -0.25) is 13.9 Å². The first-order valence-corrected chi connectivity index (χ1v) is 9.00. The highest BCUT2D eigenvalue weighted by atomic mass is 79.9. The molecule has 0 aliphatic heterocycles. The Morgan fingerprint density at radius 1 is 1.15 bits per heavy atom. The second kappa shape index (κ2) is 7.34. The summed E-state index contributed by atoms with van der Waals surface area (Å²) in [6.07, 6.45) is -0.909. The van der Waals surface area contributed by atoms with E-state index in [0.29, 0.717) is 0 Å². The fraction of sp³-hybridized carbons (Fsp3) is 0.222. The minimum Gasteiger partial charge on any atom is -0.392 e. The van der Waals surface area contributed by atoms with Gasteiger partial charge in [0.2, 0.25) is 0 Å². The van der Waals surface area contributed by atoms with E-state index in [1.165, 1.54) is 19.1 Å². The van der Waals surface area contributed by atoms with Crippen LogP contribution in [0.1, 0.15) is 12.5 Å². The van der Waals surface area contributed by atoms with Crippen LogP contribution in [0.2, 0.25) is 5.02 Å². The van der Waals surface area contributed by atoms with Crippen LogP contribution in [-0.4, -0.2) is 20.3 Å². The summed E-state index contributed by atoms with van der Waals surface area (Å²) in [7, 11) is 0. The molecule has 1 heterocycles. The summed E-state index contributed by atoms with van der Waals surface area (Å²) in [5.74, 6) is -0.852. The average Bonchev–Trinajstić information content (AvgIpc) is 2.59. The molecule has 0 amide bonds. The molecule has 1 atom stereocenters. The Kier molecular flexibility index (Phi) is 5.32. The van der Waals surface area contributed by atoms with Crippen molar-refractivity contribution in [2.45, 2.75) is 26.1 Å². The molecule has 8 heteroatoms. The highest BCUT2D eigenvalue weighted by Gasteiger charge is 2.19. The van der Waals surface area contributed by atoms with Gasteiger partial charge in [0.1, 0.15) is 0 Å². The summed E-state index contributed by atoms with van der Waals surface area (Å²) in [5.41, 5.74) is -0.761. The van der Waals surface area contributed by atoms with Crippen molar-refractivity contribution in [2.75, 3.05) is 0 Å². The molecular formula is C18H15BrClFN2O3. The molecule has 5 nitrogen and oxygen atoms in total. The second-order valence-corrected chi connectivity index (χ2v) is 7.34. The van der Waals surface area contributed by atoms with Crippen LogP contribution in [0, 0.1) is 5.82 Å². The number of nitrogens with zero attached hydrogens (tertiary/aromatic N) is 2. The molecule has 0 radical (unpaired) electrons. The Bertz CT molecular complexity index is 1090. The van der Waals surface area contributed by atoms with E-state index in [1.807, 2.05) is 0 Å². The maximum absolute atomic E-state index is 14.5. The minimum absolute atomic E-state index is 0.0317. The lowest BCUT2D eigenvalue weighted by atomic mass is 10.2. The Morgan fingerprint density at radius 3 is 2.42 bits per heavy atom. The van der Waals surface area contributed by atoms with E-state index in [9.17, 15) is 19.1 Å². The van der Waals surface area contributed by atoms with Crippen molar-refractivity contribution in [2.24, 2.45) is 0 Å². The van der Waals surface area contributed by atoms with Crippen molar-refractivity contribution in [3.05, 3.63) is 78.1 Å². The van der Waals surface area contributed by atoms with Crippen molar-refractivity contribution in [1.29, 1.82) is 0 Å². The van der Waals surface area contributed by atoms with Crippen molar-refractivity contribution in [3.63, 3.8) is 0 Å². The monoisotopic (exact) mass is 440 g/mol. The highest BCUT2D eigenvalue weighted by Crippen LogP contribution is 2.22. The molecule has 0 fully saturated rings. The zero-order chi connectivity index (χ0) is 19.0. The number of aromatic nitrogens is 2. The summed E-state index contributed by atoms with van der Waals surface area (Å²) >= 11 is 9.15. The zero-order valence-corrected chi connectivity index (χ0v) is 16.1. The number of benzene rings is 2. The standard InChI is InChI=1S/C18H15BrClFN2O3/c1-10(24)8-22-16-13(6-7-14(20)15(16)21)17(25)23(18(22)26)9-11-2-4-12(19)5-3-11/h2-7,10,24H,8-9H2,1H3/t10-/m0/s1. The molecule has 1 aromatic heterocycles. The predicted molar refractivity (Wildman–Crippen MR) is 102 cm³/mol. The van der Waals surface area contributed by atoms with Gasteiger partial charge in [0, 0.05) is 4.47 Å². The van der Waals surface area contributed by atoms with Gasteiger partial charge in [0.25, 0.3) is 5.56 Å². The van der Waals surface area contributed by atoms with E-state index in [1.54, 1.807) is 24.3 Å². The molecule has 0 aliphatic carbocycles. The van der Waals surface area contributed by atoms with E-state index in [0.717, 1.165) is 19.2 Å². The molecule has 1 N–H and O–H groups in total. The number of fused-ring (bicyclic) bond motifs is 1. The van der Waals surface area contributed by atoms with Crippen molar-refractivity contribution in [3.8, 4) is 0 Å². The number of halogens is 3. The van der Waals surface area contributed by atoms with Crippen molar-refractivity contribution in [1.82, 2.24) is 9.13 Å². The first-order chi connectivity index (χ1) is 12.3. The second-order valence-electron chi connectivity index (χ2n) is 6.02. The Balaban J connectivity index is 2.30. The molecule has 0 spiro atoms. The van der Waals surface area contributed by atoms with Crippen molar-refractivity contribution >= 4 is 38.4 Å². The maximum Gasteiger partial charge on any atom is 0.331 e. The van der Waals surface area contributed by atoms with Crippen LogP contribution >= 0.6 is 27.5 Å². The van der Waals surface area contributed by atoms with E-state index < -0.39 is 23.2 Å². The number of rotatable bonds is 4. The lowest BCUT2D eigenvalue weighted by molar-refractivity contribution is 0.172. The predicted octanol–water partition coefficient (Wildman–Crippen LogP) is 3.15. The molecule has 0 saturated carbocycles. The first kappa shape index (κ1) is 18.8. The number of hydrogen-bond acceptors (Lipinski definition) is 3. The Morgan fingerprint density at radius 2 is 1.81 bits per heavy atom. The number of aliphatic hydroxyl groups excluding tert-OH is 1. The fourth-order valence-corrected chi connectivity index (χ4v) is 3.21. The molecular weight excluding hydrogens is 427 g/mol. The Labute approximate surface area is 161 Å². The maximum atomic E-state index is 14.5. The molecule has 136 valence electrons. The smallest absolute Gasteiger partial charge is 0.331 e. The van der Waals surface area contributed by atoms with E-state index >= 15 is 0 Å². The summed E-state index contributed by atoms with van der Waals surface area (Å²) in [5, 5.41) is 9.56. The van der Waals surface area contributed by atoms with Gasteiger partial charge in [0.15, 0.2) is 5.82 Å². The SMILES string of the molecule is C[C@H](O)Cn1c(=O)n(Cc2ccc(Br)cc2)c(=O)c2ccc(Cl)c(F)c21. The summed E-state index contributed by atoms with van der Waals surface area (Å²) < 4.78 is 17.5. The largest absolute Gasteiger partial charge is 0.392 e. The van der Waals surface area contributed by atoms with Gasteiger partial charge < -0.3 is 5.11 Å². The van der Waals surface area contributed by atoms with Gasteiger partial charge in [-0.1, -0.05) is 39.7 Å². The lowest BCUT2D eigenvalue weighted by Crippen LogP contribution is -2.42. The van der Waals surface area contributed by atoms with Gasteiger partial charge in [-0.05, 0) is 36.8 Å². The average molecular weight is 442 g/mol. The molecule has 0 aliphatic rings. The van der Waals surface area contributed by atoms with E-state index in [4.69, 9.17) is 11.6 Å². The third-order valence-corrected chi connectivity index (χ3v) is 4.80. The number of aliphatic hydroxyl groups is 1. The van der Waals surface area contributed by atoms with Crippen LogP contribution < -0.4 is 11.2 Å². The van der Waals surface area contributed by atoms with Crippen LogP contribution in [-0.2, 0) is 13.1 Å². The van der Waals surface area contributed by atoms with Crippen LogP contribution in [0.25, 0.3) is 10.9 Å². The molecule has 2 aromatic carbocycles. The molecule has 3 aromatic rings. The van der Waals surface area contributed by atoms with Gasteiger partial charge in [-0.25, -0.2) is 9.18 Å². The summed E-state index contributed by atoms with van der Waals surface area (Å²) in [6, 6.07) is 9.83. The van der Waals surface area contributed by atoms with E-state index in [-0.39, 0.29) is 29.0 Å². The van der Waals surface area contributed by atoms with Crippen LogP contribution in [0.5, 0.6) is 0 Å². The fourth-order valence-electron chi connectivity index (χ4n) is 2.80. The van der Waals surface area contributed by atoms with Crippen LogP contribution in [0.3, 0.4) is 0 Å². The highest BCUT2D eigenvalue weighted by molar-refractivity contribution is 9.10. The van der Waals surface area contributed by atoms with Crippen molar-refractivity contribution < 1.29 is 9.50 Å². The van der Waals surface area contributed by atoms with Gasteiger partial charge in [-0.15, -0.1) is 0 Å². The zero-order valence-electron chi connectivity index (χ0n) is 13.7. The quantitative estimate of drug-likeness (QED) is 0.676. The van der Waals surface area contributed by atoms with Crippen LogP contribution in [0.15, 0.2) is 50.5 Å². The van der Waals surface area contributed by atoms with Gasteiger partial charge in [-0.2, -0.15) is 0 Å². The third kappa shape index (κ3) is 3.47. The Hall–Kier alpha value is -1.96.